The molecule has 1 aliphatic carbocycles. The van der Waals surface area contributed by atoms with Crippen LogP contribution in [0, 0.1) is 0 Å². The van der Waals surface area contributed by atoms with Gasteiger partial charge >= 0.3 is 6.09 Å². The number of amides is 1. The number of rotatable bonds is 6. The summed E-state index contributed by atoms with van der Waals surface area (Å²) in [6.45, 7) is 8.39. The van der Waals surface area contributed by atoms with Gasteiger partial charge in [0.1, 0.15) is 5.60 Å². The summed E-state index contributed by atoms with van der Waals surface area (Å²) >= 11 is 0. The van der Waals surface area contributed by atoms with Crippen LogP contribution in [0.1, 0.15) is 59.8 Å². The van der Waals surface area contributed by atoms with Gasteiger partial charge in [-0.2, -0.15) is 0 Å². The molecule has 0 aromatic heterocycles. The standard InChI is InChI=1S/C14H28N2O2/c1-5-6-7-12(10-15)16(11-8-9-11)13(17)18-14(2,3)4/h11-12H,5-10,15H2,1-4H3. The van der Waals surface area contributed by atoms with E-state index in [1.807, 2.05) is 25.7 Å². The molecule has 0 spiro atoms. The van der Waals surface area contributed by atoms with Gasteiger partial charge in [-0.3, -0.25) is 0 Å². The average molecular weight is 256 g/mol. The fourth-order valence-corrected chi connectivity index (χ4v) is 2.07. The fourth-order valence-electron chi connectivity index (χ4n) is 2.07. The minimum absolute atomic E-state index is 0.132. The monoisotopic (exact) mass is 256 g/mol. The summed E-state index contributed by atoms with van der Waals surface area (Å²) in [5.41, 5.74) is 5.40. The maximum atomic E-state index is 12.3. The van der Waals surface area contributed by atoms with Crippen LogP contribution < -0.4 is 5.73 Å². The highest BCUT2D eigenvalue weighted by Crippen LogP contribution is 2.31. The maximum Gasteiger partial charge on any atom is 0.410 e. The van der Waals surface area contributed by atoms with Crippen LogP contribution in [0.4, 0.5) is 4.79 Å². The Hall–Kier alpha value is -0.770. The Morgan fingerprint density at radius 1 is 1.44 bits per heavy atom. The average Bonchev–Trinajstić information content (AvgIpc) is 3.05. The number of nitrogens with zero attached hydrogens (tertiary/aromatic N) is 1. The third-order valence-electron chi connectivity index (χ3n) is 3.10. The molecule has 0 aliphatic heterocycles. The second-order valence-electron chi connectivity index (χ2n) is 6.15. The number of ether oxygens (including phenoxy) is 1. The van der Waals surface area contributed by atoms with Crippen LogP contribution in [0.3, 0.4) is 0 Å². The largest absolute Gasteiger partial charge is 0.444 e. The Morgan fingerprint density at radius 3 is 2.44 bits per heavy atom. The lowest BCUT2D eigenvalue weighted by molar-refractivity contribution is 0.0136. The lowest BCUT2D eigenvalue weighted by Gasteiger charge is -2.33. The highest BCUT2D eigenvalue weighted by Gasteiger charge is 2.38. The molecule has 0 bridgehead atoms. The van der Waals surface area contributed by atoms with E-state index < -0.39 is 5.60 Å². The molecule has 1 fully saturated rings. The van der Waals surface area contributed by atoms with Gasteiger partial charge in [0.25, 0.3) is 0 Å². The predicted molar refractivity (Wildman–Crippen MR) is 73.5 cm³/mol. The lowest BCUT2D eigenvalue weighted by atomic mass is 10.1. The second-order valence-corrected chi connectivity index (χ2v) is 6.15. The molecule has 0 saturated heterocycles. The van der Waals surface area contributed by atoms with Crippen LogP contribution in [0.25, 0.3) is 0 Å². The van der Waals surface area contributed by atoms with Crippen molar-refractivity contribution in [2.45, 2.75) is 77.5 Å². The van der Waals surface area contributed by atoms with E-state index in [1.165, 1.54) is 0 Å². The molecule has 0 radical (unpaired) electrons. The van der Waals surface area contributed by atoms with Crippen LogP contribution in [-0.4, -0.2) is 35.2 Å². The quantitative estimate of drug-likeness (QED) is 0.795. The summed E-state index contributed by atoms with van der Waals surface area (Å²) in [5, 5.41) is 0. The predicted octanol–water partition coefficient (Wildman–Crippen LogP) is 2.90. The molecule has 18 heavy (non-hydrogen) atoms. The van der Waals surface area contributed by atoms with Gasteiger partial charge in [0.05, 0.1) is 0 Å². The SMILES string of the molecule is CCCCC(CN)N(C(=O)OC(C)(C)C)C1CC1. The van der Waals surface area contributed by atoms with Crippen molar-refractivity contribution in [1.82, 2.24) is 4.90 Å². The number of hydrogen-bond donors (Lipinski definition) is 1. The first-order valence-electron chi connectivity index (χ1n) is 7.10. The molecule has 2 N–H and O–H groups in total. The fraction of sp³-hybridized carbons (Fsp3) is 0.929. The van der Waals surface area contributed by atoms with Crippen molar-refractivity contribution in [2.75, 3.05) is 6.54 Å². The molecule has 1 saturated carbocycles. The minimum Gasteiger partial charge on any atom is -0.444 e. The Kier molecular flexibility index (Phi) is 5.45. The smallest absolute Gasteiger partial charge is 0.410 e. The lowest BCUT2D eigenvalue weighted by Crippen LogP contribution is -2.48. The zero-order valence-corrected chi connectivity index (χ0v) is 12.2. The highest BCUT2D eigenvalue weighted by molar-refractivity contribution is 5.69. The van der Waals surface area contributed by atoms with Crippen molar-refractivity contribution < 1.29 is 9.53 Å². The molecule has 1 amide bonds. The van der Waals surface area contributed by atoms with Crippen molar-refractivity contribution in [1.29, 1.82) is 0 Å². The zero-order valence-electron chi connectivity index (χ0n) is 12.2. The molecular weight excluding hydrogens is 228 g/mol. The van der Waals surface area contributed by atoms with Crippen LogP contribution in [0.2, 0.25) is 0 Å². The molecule has 1 unspecified atom stereocenters. The second kappa shape index (κ2) is 6.41. The molecule has 106 valence electrons. The van der Waals surface area contributed by atoms with Gasteiger partial charge in [-0.25, -0.2) is 4.79 Å². The Bertz CT molecular complexity index is 269. The summed E-state index contributed by atoms with van der Waals surface area (Å²) in [5.74, 6) is 0. The first-order chi connectivity index (χ1) is 8.39. The zero-order chi connectivity index (χ0) is 13.8. The summed E-state index contributed by atoms with van der Waals surface area (Å²) in [7, 11) is 0. The van der Waals surface area contributed by atoms with Crippen molar-refractivity contribution >= 4 is 6.09 Å². The maximum absolute atomic E-state index is 12.3. The van der Waals surface area contributed by atoms with E-state index in [-0.39, 0.29) is 12.1 Å². The molecule has 1 rings (SSSR count). The van der Waals surface area contributed by atoms with Gasteiger partial charge in [-0.15, -0.1) is 0 Å². The van der Waals surface area contributed by atoms with Crippen molar-refractivity contribution in [3.05, 3.63) is 0 Å². The molecular formula is C14H28N2O2. The number of carbonyl (C=O) groups is 1. The first kappa shape index (κ1) is 15.3. The summed E-state index contributed by atoms with van der Waals surface area (Å²) in [6.07, 6.45) is 5.18. The summed E-state index contributed by atoms with van der Waals surface area (Å²) in [4.78, 5) is 14.1. The van der Waals surface area contributed by atoms with Gasteiger partial charge < -0.3 is 15.4 Å². The highest BCUT2D eigenvalue weighted by atomic mass is 16.6. The Labute approximate surface area is 111 Å². The molecule has 1 atom stereocenters. The molecule has 4 nitrogen and oxygen atoms in total. The van der Waals surface area contributed by atoms with Crippen LogP contribution >= 0.6 is 0 Å². The van der Waals surface area contributed by atoms with E-state index in [4.69, 9.17) is 10.5 Å². The van der Waals surface area contributed by atoms with E-state index in [2.05, 4.69) is 6.92 Å². The van der Waals surface area contributed by atoms with Crippen LogP contribution in [0.15, 0.2) is 0 Å². The van der Waals surface area contributed by atoms with E-state index in [0.717, 1.165) is 32.1 Å². The summed E-state index contributed by atoms with van der Waals surface area (Å²) < 4.78 is 5.50. The van der Waals surface area contributed by atoms with Gasteiger partial charge in [-0.05, 0) is 40.0 Å². The first-order valence-corrected chi connectivity index (χ1v) is 7.10. The van der Waals surface area contributed by atoms with E-state index in [1.54, 1.807) is 0 Å². The molecule has 0 aromatic carbocycles. The Morgan fingerprint density at radius 2 is 2.06 bits per heavy atom. The van der Waals surface area contributed by atoms with E-state index >= 15 is 0 Å². The Balaban J connectivity index is 2.65. The van der Waals surface area contributed by atoms with Crippen molar-refractivity contribution in [2.24, 2.45) is 5.73 Å². The minimum atomic E-state index is -0.436. The van der Waals surface area contributed by atoms with Crippen molar-refractivity contribution in [3.8, 4) is 0 Å². The molecule has 1 aliphatic rings. The molecule has 4 heteroatoms. The van der Waals surface area contributed by atoms with Crippen molar-refractivity contribution in [3.63, 3.8) is 0 Å². The normalized spacial score (nSPS) is 17.4. The number of hydrogen-bond acceptors (Lipinski definition) is 3. The third kappa shape index (κ3) is 4.84. The number of unbranched alkanes of at least 4 members (excludes halogenated alkanes) is 1. The van der Waals surface area contributed by atoms with E-state index in [9.17, 15) is 4.79 Å². The molecule has 0 aromatic rings. The van der Waals surface area contributed by atoms with Gasteiger partial charge in [-0.1, -0.05) is 19.8 Å². The number of nitrogens with two attached hydrogens (primary N) is 1. The topological polar surface area (TPSA) is 55.6 Å². The third-order valence-corrected chi connectivity index (χ3v) is 3.10. The van der Waals surface area contributed by atoms with E-state index in [0.29, 0.717) is 12.6 Å². The molecule has 0 heterocycles. The van der Waals surface area contributed by atoms with Gasteiger partial charge in [0.15, 0.2) is 0 Å². The summed E-state index contributed by atoms with van der Waals surface area (Å²) in [6, 6.07) is 0.484. The van der Waals surface area contributed by atoms with Gasteiger partial charge in [0.2, 0.25) is 0 Å². The van der Waals surface area contributed by atoms with Gasteiger partial charge in [0, 0.05) is 18.6 Å². The number of carbonyl (C=O) groups excluding carboxylic acids is 1. The van der Waals surface area contributed by atoms with Crippen LogP contribution in [0.5, 0.6) is 0 Å². The van der Waals surface area contributed by atoms with Crippen LogP contribution in [-0.2, 0) is 4.74 Å².